The molecule has 1 nitrogen and oxygen atoms in total. The molecule has 0 radical (unpaired) electrons. The van der Waals surface area contributed by atoms with Crippen LogP contribution in [-0.2, 0) is 4.79 Å². The van der Waals surface area contributed by atoms with E-state index in [9.17, 15) is 9.18 Å². The molecular formula is C13H15FO. The lowest BCUT2D eigenvalue weighted by Gasteiger charge is -2.21. The summed E-state index contributed by atoms with van der Waals surface area (Å²) in [6.45, 7) is 1.86. The second kappa shape index (κ2) is 4.13. The van der Waals surface area contributed by atoms with Gasteiger partial charge in [0.15, 0.2) is 0 Å². The van der Waals surface area contributed by atoms with Crippen LogP contribution in [0.15, 0.2) is 18.2 Å². The van der Waals surface area contributed by atoms with Gasteiger partial charge in [0.1, 0.15) is 11.6 Å². The highest BCUT2D eigenvalue weighted by Crippen LogP contribution is 2.30. The van der Waals surface area contributed by atoms with E-state index in [2.05, 4.69) is 0 Å². The molecule has 1 aromatic carbocycles. The predicted octanol–water partition coefficient (Wildman–Crippen LogP) is 3.36. The Balaban J connectivity index is 2.31. The summed E-state index contributed by atoms with van der Waals surface area (Å²) in [7, 11) is 0. The number of hydrogen-bond donors (Lipinski definition) is 0. The fraction of sp³-hybridized carbons (Fsp3) is 0.462. The van der Waals surface area contributed by atoms with Crippen LogP contribution < -0.4 is 0 Å². The van der Waals surface area contributed by atoms with Crippen molar-refractivity contribution < 1.29 is 9.18 Å². The van der Waals surface area contributed by atoms with Crippen molar-refractivity contribution in [2.75, 3.05) is 0 Å². The number of hydrogen-bond acceptors (Lipinski definition) is 1. The van der Waals surface area contributed by atoms with E-state index < -0.39 is 0 Å². The van der Waals surface area contributed by atoms with Crippen LogP contribution in [0.1, 0.15) is 42.7 Å². The number of Topliss-reactive ketones (excluding diaryl/α,β-unsaturated/α-hetero) is 1. The second-order valence-corrected chi connectivity index (χ2v) is 4.33. The average Bonchev–Trinajstić information content (AvgIpc) is 2.16. The van der Waals surface area contributed by atoms with Gasteiger partial charge in [0, 0.05) is 12.3 Å². The molecule has 0 bridgehead atoms. The fourth-order valence-electron chi connectivity index (χ4n) is 2.30. The molecular weight excluding hydrogens is 191 g/mol. The third-order valence-corrected chi connectivity index (χ3v) is 3.02. The van der Waals surface area contributed by atoms with Gasteiger partial charge in [-0.3, -0.25) is 4.79 Å². The number of carbonyl (C=O) groups is 1. The number of ketones is 1. The molecule has 0 aromatic heterocycles. The van der Waals surface area contributed by atoms with Crippen LogP contribution >= 0.6 is 0 Å². The summed E-state index contributed by atoms with van der Waals surface area (Å²) in [5.74, 6) is -0.0252. The number of carbonyl (C=O) groups excluding carboxylic acids is 1. The Hall–Kier alpha value is -1.18. The summed E-state index contributed by atoms with van der Waals surface area (Å²) in [4.78, 5) is 11.7. The highest BCUT2D eigenvalue weighted by Gasteiger charge is 2.24. The van der Waals surface area contributed by atoms with Crippen molar-refractivity contribution >= 4 is 5.78 Å². The molecule has 2 heteroatoms. The third-order valence-electron chi connectivity index (χ3n) is 3.02. The molecule has 1 aliphatic rings. The molecule has 0 aliphatic heterocycles. The highest BCUT2D eigenvalue weighted by molar-refractivity contribution is 5.86. The van der Waals surface area contributed by atoms with Gasteiger partial charge < -0.3 is 0 Å². The Labute approximate surface area is 89.3 Å². The van der Waals surface area contributed by atoms with Crippen LogP contribution in [0.25, 0.3) is 0 Å². The van der Waals surface area contributed by atoms with E-state index in [-0.39, 0.29) is 17.5 Å². The standard InChI is InChI=1S/C13H15FO/c1-9-6-10(8-11(14)7-9)12-4-2-3-5-13(12)15/h6-8,12H,2-5H2,1H3. The van der Waals surface area contributed by atoms with Crippen molar-refractivity contribution in [2.45, 2.75) is 38.5 Å². The Morgan fingerprint density at radius 1 is 1.27 bits per heavy atom. The van der Waals surface area contributed by atoms with Crippen LogP contribution in [0.5, 0.6) is 0 Å². The SMILES string of the molecule is Cc1cc(F)cc(C2CCCCC2=O)c1. The van der Waals surface area contributed by atoms with Crippen LogP contribution in [-0.4, -0.2) is 5.78 Å². The molecule has 80 valence electrons. The van der Waals surface area contributed by atoms with Crippen molar-refractivity contribution in [3.63, 3.8) is 0 Å². The van der Waals surface area contributed by atoms with Crippen molar-refractivity contribution in [3.8, 4) is 0 Å². The van der Waals surface area contributed by atoms with Gasteiger partial charge in [-0.1, -0.05) is 12.5 Å². The molecule has 0 saturated heterocycles. The predicted molar refractivity (Wildman–Crippen MR) is 57.4 cm³/mol. The van der Waals surface area contributed by atoms with Gasteiger partial charge in [0.05, 0.1) is 0 Å². The molecule has 1 aliphatic carbocycles. The minimum Gasteiger partial charge on any atom is -0.299 e. The van der Waals surface area contributed by atoms with E-state index in [0.29, 0.717) is 6.42 Å². The molecule has 1 fully saturated rings. The molecule has 0 amide bonds. The van der Waals surface area contributed by atoms with Gasteiger partial charge >= 0.3 is 0 Å². The molecule has 0 heterocycles. The Bertz CT molecular complexity index is 364. The van der Waals surface area contributed by atoms with Crippen molar-refractivity contribution in [2.24, 2.45) is 0 Å². The number of halogens is 1. The summed E-state index contributed by atoms with van der Waals surface area (Å²) in [5.41, 5.74) is 1.75. The molecule has 2 rings (SSSR count). The lowest BCUT2D eigenvalue weighted by atomic mass is 9.82. The van der Waals surface area contributed by atoms with E-state index in [1.54, 1.807) is 0 Å². The third kappa shape index (κ3) is 2.25. The highest BCUT2D eigenvalue weighted by atomic mass is 19.1. The summed E-state index contributed by atoms with van der Waals surface area (Å²) < 4.78 is 13.2. The topological polar surface area (TPSA) is 17.1 Å². The van der Waals surface area contributed by atoms with E-state index >= 15 is 0 Å². The zero-order chi connectivity index (χ0) is 10.8. The van der Waals surface area contributed by atoms with Crippen LogP contribution in [0.3, 0.4) is 0 Å². The zero-order valence-electron chi connectivity index (χ0n) is 8.92. The molecule has 15 heavy (non-hydrogen) atoms. The summed E-state index contributed by atoms with van der Waals surface area (Å²) >= 11 is 0. The smallest absolute Gasteiger partial charge is 0.140 e. The van der Waals surface area contributed by atoms with Gasteiger partial charge in [-0.2, -0.15) is 0 Å². The zero-order valence-corrected chi connectivity index (χ0v) is 8.92. The minimum atomic E-state index is -0.233. The summed E-state index contributed by atoms with van der Waals surface area (Å²) in [6, 6.07) is 4.93. The van der Waals surface area contributed by atoms with Gasteiger partial charge in [-0.25, -0.2) is 4.39 Å². The normalized spacial score (nSPS) is 21.7. The first-order valence-electron chi connectivity index (χ1n) is 5.46. The molecule has 1 aromatic rings. The van der Waals surface area contributed by atoms with Crippen LogP contribution in [0.2, 0.25) is 0 Å². The molecule has 1 atom stereocenters. The van der Waals surface area contributed by atoms with Crippen molar-refractivity contribution in [1.29, 1.82) is 0 Å². The van der Waals surface area contributed by atoms with Gasteiger partial charge in [-0.05, 0) is 43.0 Å². The number of benzene rings is 1. The first-order chi connectivity index (χ1) is 7.16. The first-order valence-corrected chi connectivity index (χ1v) is 5.46. The van der Waals surface area contributed by atoms with Crippen LogP contribution in [0.4, 0.5) is 4.39 Å². The van der Waals surface area contributed by atoms with E-state index in [4.69, 9.17) is 0 Å². The number of aryl methyl sites for hydroxylation is 1. The Morgan fingerprint density at radius 3 is 2.73 bits per heavy atom. The maximum atomic E-state index is 13.2. The maximum Gasteiger partial charge on any atom is 0.140 e. The summed E-state index contributed by atoms with van der Waals surface area (Å²) in [6.07, 6.45) is 3.59. The summed E-state index contributed by atoms with van der Waals surface area (Å²) in [5, 5.41) is 0. The quantitative estimate of drug-likeness (QED) is 0.688. The minimum absolute atomic E-state index is 0.0619. The largest absolute Gasteiger partial charge is 0.299 e. The van der Waals surface area contributed by atoms with Crippen molar-refractivity contribution in [3.05, 3.63) is 35.1 Å². The maximum absolute atomic E-state index is 13.2. The monoisotopic (exact) mass is 206 g/mol. The van der Waals surface area contributed by atoms with Gasteiger partial charge in [-0.15, -0.1) is 0 Å². The van der Waals surface area contributed by atoms with E-state index in [0.717, 1.165) is 30.4 Å². The Kier molecular flexibility index (Phi) is 2.85. The molecule has 1 saturated carbocycles. The lowest BCUT2D eigenvalue weighted by Crippen LogP contribution is -2.17. The van der Waals surface area contributed by atoms with Gasteiger partial charge in [0.2, 0.25) is 0 Å². The first kappa shape index (κ1) is 10.3. The average molecular weight is 206 g/mol. The van der Waals surface area contributed by atoms with Crippen molar-refractivity contribution in [1.82, 2.24) is 0 Å². The second-order valence-electron chi connectivity index (χ2n) is 4.33. The van der Waals surface area contributed by atoms with E-state index in [1.165, 1.54) is 12.1 Å². The number of rotatable bonds is 1. The van der Waals surface area contributed by atoms with E-state index in [1.807, 2.05) is 13.0 Å². The molecule has 1 unspecified atom stereocenters. The Morgan fingerprint density at radius 2 is 2.07 bits per heavy atom. The molecule has 0 N–H and O–H groups in total. The van der Waals surface area contributed by atoms with Gasteiger partial charge in [0.25, 0.3) is 0 Å². The molecule has 0 spiro atoms. The van der Waals surface area contributed by atoms with Crippen LogP contribution in [0, 0.1) is 12.7 Å². The lowest BCUT2D eigenvalue weighted by molar-refractivity contribution is -0.121. The fourth-order valence-corrected chi connectivity index (χ4v) is 2.30.